The van der Waals surface area contributed by atoms with E-state index in [1.54, 1.807) is 24.3 Å². The number of aliphatic hydroxyl groups excluding tert-OH is 1. The van der Waals surface area contributed by atoms with Crippen LogP contribution >= 0.6 is 19.0 Å². The lowest BCUT2D eigenvalue weighted by Crippen LogP contribution is -2.35. The Morgan fingerprint density at radius 1 is 1.06 bits per heavy atom. The topological polar surface area (TPSA) is 49.8 Å². The molecule has 2 aromatic carbocycles. The number of benzene rings is 2. The van der Waals surface area contributed by atoms with Crippen LogP contribution in [0, 0.1) is 17.8 Å². The monoisotopic (exact) mass is 463 g/mol. The summed E-state index contributed by atoms with van der Waals surface area (Å²) in [5.41, 5.74) is 1.55. The highest BCUT2D eigenvalue weighted by molar-refractivity contribution is 7.67. The average molecular weight is 464 g/mol. The van der Waals surface area contributed by atoms with Crippen molar-refractivity contribution in [1.29, 1.82) is 0 Å². The first kappa shape index (κ1) is 24.3. The Morgan fingerprint density at radius 3 is 2.23 bits per heavy atom. The molecule has 5 atom stereocenters. The molecule has 31 heavy (non-hydrogen) atoms. The number of nitrogens with zero attached hydrogens (tertiary/aromatic N) is 1. The summed E-state index contributed by atoms with van der Waals surface area (Å²) >= 11 is 6.03. The van der Waals surface area contributed by atoms with Crippen LogP contribution in [-0.2, 0) is 9.09 Å². The normalized spacial score (nSPS) is 24.6. The molecule has 4 nitrogen and oxygen atoms in total. The predicted octanol–water partition coefficient (Wildman–Crippen LogP) is 6.48. The van der Waals surface area contributed by atoms with Gasteiger partial charge >= 0.3 is 0 Å². The van der Waals surface area contributed by atoms with Gasteiger partial charge in [-0.3, -0.25) is 4.57 Å². The van der Waals surface area contributed by atoms with Gasteiger partial charge in [0.15, 0.2) is 5.85 Å². The molecule has 0 aromatic heterocycles. The van der Waals surface area contributed by atoms with Gasteiger partial charge in [-0.1, -0.05) is 50.9 Å². The van der Waals surface area contributed by atoms with E-state index in [0.29, 0.717) is 33.6 Å². The van der Waals surface area contributed by atoms with E-state index in [0.717, 1.165) is 24.9 Å². The Hall–Kier alpha value is -1.32. The molecule has 1 saturated carbocycles. The van der Waals surface area contributed by atoms with Gasteiger partial charge < -0.3 is 14.5 Å². The Bertz CT molecular complexity index is 898. The highest BCUT2D eigenvalue weighted by Crippen LogP contribution is 2.60. The third-order valence-corrected chi connectivity index (χ3v) is 9.27. The summed E-state index contributed by atoms with van der Waals surface area (Å²) in [7, 11) is 0.297. The van der Waals surface area contributed by atoms with Crippen molar-refractivity contribution in [3.05, 3.63) is 59.1 Å². The molecule has 0 amide bonds. The molecule has 1 N–H and O–H groups in total. The summed E-state index contributed by atoms with van der Waals surface area (Å²) < 4.78 is 21.0. The van der Waals surface area contributed by atoms with E-state index < -0.39 is 13.2 Å². The summed E-state index contributed by atoms with van der Waals surface area (Å²) in [6.45, 7) is 6.62. The van der Waals surface area contributed by atoms with Crippen LogP contribution in [0.3, 0.4) is 0 Å². The van der Waals surface area contributed by atoms with E-state index in [4.69, 9.17) is 16.1 Å². The molecular weight excluding hydrogens is 429 g/mol. The average Bonchev–Trinajstić information content (AvgIpc) is 2.73. The fraction of sp³-hybridized carbons (Fsp3) is 0.520. The third kappa shape index (κ3) is 5.54. The summed E-state index contributed by atoms with van der Waals surface area (Å²) in [4.78, 5) is 1.99. The Kier molecular flexibility index (Phi) is 7.91. The van der Waals surface area contributed by atoms with E-state index in [-0.39, 0.29) is 6.10 Å². The van der Waals surface area contributed by atoms with E-state index in [9.17, 15) is 9.67 Å². The van der Waals surface area contributed by atoms with Crippen LogP contribution in [0.2, 0.25) is 5.02 Å². The van der Waals surface area contributed by atoms with Crippen molar-refractivity contribution in [3.63, 3.8) is 0 Å². The molecule has 170 valence electrons. The molecule has 0 heterocycles. The second-order valence-electron chi connectivity index (χ2n) is 9.40. The molecule has 0 aliphatic heterocycles. The van der Waals surface area contributed by atoms with Crippen LogP contribution in [0.4, 0.5) is 5.69 Å². The summed E-state index contributed by atoms with van der Waals surface area (Å²) in [5.74, 6) is 0.00925. The maximum Gasteiger partial charge on any atom is 0.264 e. The molecule has 0 radical (unpaired) electrons. The van der Waals surface area contributed by atoms with Crippen LogP contribution in [0.15, 0.2) is 48.5 Å². The number of rotatable bonds is 7. The minimum atomic E-state index is -3.63. The molecule has 1 aliphatic carbocycles. The second-order valence-corrected chi connectivity index (χ2v) is 12.2. The molecule has 1 aliphatic rings. The quantitative estimate of drug-likeness (QED) is 0.477. The van der Waals surface area contributed by atoms with Gasteiger partial charge in [-0.15, -0.1) is 0 Å². The maximum atomic E-state index is 14.5. The first-order valence-corrected chi connectivity index (χ1v) is 13.2. The van der Waals surface area contributed by atoms with Crippen molar-refractivity contribution < 1.29 is 14.2 Å². The first-order chi connectivity index (χ1) is 14.6. The minimum Gasteiger partial charge on any atom is -0.378 e. The predicted molar refractivity (Wildman–Crippen MR) is 131 cm³/mol. The second kappa shape index (κ2) is 10.1. The minimum absolute atomic E-state index is 0.148. The van der Waals surface area contributed by atoms with Gasteiger partial charge in [0.1, 0.15) is 0 Å². The zero-order valence-electron chi connectivity index (χ0n) is 19.2. The lowest BCUT2D eigenvalue weighted by Gasteiger charge is -2.40. The molecule has 0 saturated heterocycles. The fourth-order valence-electron chi connectivity index (χ4n) is 4.49. The van der Waals surface area contributed by atoms with Crippen molar-refractivity contribution >= 4 is 30.0 Å². The zero-order valence-corrected chi connectivity index (χ0v) is 20.8. The van der Waals surface area contributed by atoms with Gasteiger partial charge in [-0.25, -0.2) is 0 Å². The Morgan fingerprint density at radius 2 is 1.68 bits per heavy atom. The van der Waals surface area contributed by atoms with Gasteiger partial charge in [-0.05, 0) is 72.6 Å². The van der Waals surface area contributed by atoms with Crippen molar-refractivity contribution in [3.8, 4) is 0 Å². The first-order valence-electron chi connectivity index (χ1n) is 11.1. The van der Waals surface area contributed by atoms with Crippen molar-refractivity contribution in [2.24, 2.45) is 17.8 Å². The molecule has 0 unspecified atom stereocenters. The summed E-state index contributed by atoms with van der Waals surface area (Å²) in [6, 6.07) is 14.4. The van der Waals surface area contributed by atoms with Crippen LogP contribution in [0.25, 0.3) is 0 Å². The molecule has 6 heteroatoms. The highest BCUT2D eigenvalue weighted by Gasteiger charge is 2.42. The van der Waals surface area contributed by atoms with Crippen LogP contribution in [-0.4, -0.2) is 25.3 Å². The molecule has 3 rings (SSSR count). The van der Waals surface area contributed by atoms with Crippen molar-refractivity contribution in [2.45, 2.75) is 52.0 Å². The summed E-state index contributed by atoms with van der Waals surface area (Å²) in [5, 5.41) is 12.5. The largest absolute Gasteiger partial charge is 0.378 e. The standard InChI is InChI=1S/C25H35ClNO3P/c1-17(2)23-15-6-18(3)16-24(23)30-31(29,22-13-11-21(12-14-22)27(4)5)25(28)19-7-9-20(26)10-8-19/h7-14,17-18,23-25,28H,6,15-16H2,1-5H3/t18-,23-,24-,25-,31+/m1/s1. The number of aliphatic hydroxyl groups is 1. The Balaban J connectivity index is 2.02. The van der Waals surface area contributed by atoms with Gasteiger partial charge in [0.2, 0.25) is 0 Å². The van der Waals surface area contributed by atoms with E-state index in [1.807, 2.05) is 43.3 Å². The van der Waals surface area contributed by atoms with E-state index in [2.05, 4.69) is 20.8 Å². The number of hydrogen-bond acceptors (Lipinski definition) is 4. The molecule has 0 spiro atoms. The van der Waals surface area contributed by atoms with Crippen molar-refractivity contribution in [1.82, 2.24) is 0 Å². The Labute approximate surface area is 192 Å². The molecular formula is C25H35ClNO3P. The highest BCUT2D eigenvalue weighted by atomic mass is 35.5. The maximum absolute atomic E-state index is 14.5. The lowest BCUT2D eigenvalue weighted by atomic mass is 9.75. The third-order valence-electron chi connectivity index (χ3n) is 6.47. The van der Waals surface area contributed by atoms with Gasteiger partial charge in [0.05, 0.1) is 6.10 Å². The summed E-state index contributed by atoms with van der Waals surface area (Å²) in [6.07, 6.45) is 2.92. The molecule has 0 bridgehead atoms. The van der Waals surface area contributed by atoms with Crippen LogP contribution in [0.1, 0.15) is 51.4 Å². The van der Waals surface area contributed by atoms with Crippen molar-refractivity contribution in [2.75, 3.05) is 19.0 Å². The molecule has 2 aromatic rings. The smallest absolute Gasteiger partial charge is 0.264 e. The van der Waals surface area contributed by atoms with E-state index >= 15 is 0 Å². The molecule has 1 fully saturated rings. The van der Waals surface area contributed by atoms with Crippen LogP contribution < -0.4 is 10.2 Å². The number of hydrogen-bond donors (Lipinski definition) is 1. The van der Waals surface area contributed by atoms with Gasteiger partial charge in [-0.2, -0.15) is 0 Å². The van der Waals surface area contributed by atoms with Gasteiger partial charge in [0.25, 0.3) is 7.37 Å². The SMILES string of the molecule is CC(C)[C@H]1CC[C@@H](C)C[C@H]1O[P@@](=O)(c1ccc(N(C)C)cc1)[C@@H](O)c1ccc(Cl)cc1. The fourth-order valence-corrected chi connectivity index (χ4v) is 6.91. The zero-order chi connectivity index (χ0) is 22.8. The van der Waals surface area contributed by atoms with Gasteiger partial charge in [0, 0.05) is 30.1 Å². The van der Waals surface area contributed by atoms with E-state index in [1.165, 1.54) is 0 Å². The number of halogens is 1. The lowest BCUT2D eigenvalue weighted by molar-refractivity contribution is 0.0427. The van der Waals surface area contributed by atoms with Crippen LogP contribution in [0.5, 0.6) is 0 Å². The number of anilines is 1.